The van der Waals surface area contributed by atoms with E-state index in [9.17, 15) is 14.4 Å². The number of nitrogens with one attached hydrogen (secondary N) is 1. The van der Waals surface area contributed by atoms with Crippen LogP contribution in [0.1, 0.15) is 73.9 Å². The van der Waals surface area contributed by atoms with Crippen molar-refractivity contribution in [2.75, 3.05) is 20.2 Å². The van der Waals surface area contributed by atoms with Crippen molar-refractivity contribution in [2.45, 2.75) is 65.6 Å². The molecule has 10 heteroatoms. The molecule has 0 bridgehead atoms. The topological polar surface area (TPSA) is 107 Å². The molecule has 4 rings (SSSR count). The molecule has 0 fully saturated rings. The van der Waals surface area contributed by atoms with E-state index in [1.807, 2.05) is 77.1 Å². The predicted molar refractivity (Wildman–Crippen MR) is 166 cm³/mol. The van der Waals surface area contributed by atoms with Crippen molar-refractivity contribution >= 4 is 17.5 Å². The molecule has 0 saturated carbocycles. The number of carbonyl (C=O) groups is 2. The minimum Gasteiger partial charge on any atom is -0.497 e. The number of methoxy groups -OCH3 is 1. The van der Waals surface area contributed by atoms with E-state index in [2.05, 4.69) is 10.4 Å². The number of ether oxygens (including phenoxy) is 2. The highest BCUT2D eigenvalue weighted by Crippen LogP contribution is 2.28. The molecule has 10 nitrogen and oxygen atoms in total. The normalized spacial score (nSPS) is 12.1. The van der Waals surface area contributed by atoms with E-state index in [1.165, 1.54) is 4.52 Å². The first-order valence-electron chi connectivity index (χ1n) is 14.6. The zero-order valence-corrected chi connectivity index (χ0v) is 25.8. The van der Waals surface area contributed by atoms with Crippen LogP contribution in [0.4, 0.5) is 4.79 Å². The molecule has 0 aliphatic rings. The Kier molecular flexibility index (Phi) is 9.90. The monoisotopic (exact) mass is 587 g/mol. The third-order valence-corrected chi connectivity index (χ3v) is 7.01. The van der Waals surface area contributed by atoms with Crippen LogP contribution in [0.25, 0.3) is 5.52 Å². The standard InChI is InChI=1S/C33H41N5O5/c1-7-28(29-21-26-20-23(2)35-38(26)32(41)37(29)22-24-12-9-8-10-13-24)36(19-11-18-34-31(40)43-33(3,4)5)30(39)25-14-16-27(42-6)17-15-25/h8-10,12-17,20-21,28H,7,11,18-19,22H2,1-6H3,(H,34,40)/t28-/m1/s1. The maximum atomic E-state index is 14.1. The molecule has 1 atom stereocenters. The van der Waals surface area contributed by atoms with Gasteiger partial charge in [0.05, 0.1) is 30.9 Å². The smallest absolute Gasteiger partial charge is 0.407 e. The lowest BCUT2D eigenvalue weighted by atomic mass is 10.0. The maximum Gasteiger partial charge on any atom is 0.407 e. The molecule has 1 N–H and O–H groups in total. The molecule has 4 aromatic rings. The molecule has 43 heavy (non-hydrogen) atoms. The van der Waals surface area contributed by atoms with Gasteiger partial charge in [0.2, 0.25) is 0 Å². The molecule has 2 aromatic carbocycles. The van der Waals surface area contributed by atoms with Gasteiger partial charge in [-0.05, 0) is 82.5 Å². The minimum absolute atomic E-state index is 0.185. The van der Waals surface area contributed by atoms with Crippen LogP contribution in [0, 0.1) is 6.92 Å². The number of hydrogen-bond donors (Lipinski definition) is 1. The Morgan fingerprint density at radius 1 is 1.05 bits per heavy atom. The fourth-order valence-corrected chi connectivity index (χ4v) is 5.07. The van der Waals surface area contributed by atoms with Crippen molar-refractivity contribution in [2.24, 2.45) is 0 Å². The maximum absolute atomic E-state index is 14.1. The third kappa shape index (κ3) is 7.82. The molecule has 0 aliphatic carbocycles. The number of aryl methyl sites for hydroxylation is 1. The van der Waals surface area contributed by atoms with E-state index in [4.69, 9.17) is 9.47 Å². The van der Waals surface area contributed by atoms with Crippen LogP contribution >= 0.6 is 0 Å². The molecule has 2 heterocycles. The van der Waals surface area contributed by atoms with Crippen LogP contribution in [0.5, 0.6) is 5.75 Å². The minimum atomic E-state index is -0.610. The van der Waals surface area contributed by atoms with E-state index in [0.29, 0.717) is 55.0 Å². The summed E-state index contributed by atoms with van der Waals surface area (Å²) < 4.78 is 13.8. The van der Waals surface area contributed by atoms with Crippen LogP contribution in [-0.4, -0.2) is 56.9 Å². The lowest BCUT2D eigenvalue weighted by molar-refractivity contribution is 0.0523. The molecule has 228 valence electrons. The first-order valence-corrected chi connectivity index (χ1v) is 14.6. The lowest BCUT2D eigenvalue weighted by Gasteiger charge is -2.33. The first kappa shape index (κ1) is 31.3. The Labute approximate surface area is 252 Å². The fourth-order valence-electron chi connectivity index (χ4n) is 5.07. The Morgan fingerprint density at radius 3 is 2.37 bits per heavy atom. The van der Waals surface area contributed by atoms with Crippen molar-refractivity contribution in [3.63, 3.8) is 0 Å². The summed E-state index contributed by atoms with van der Waals surface area (Å²) in [4.78, 5) is 42.0. The highest BCUT2D eigenvalue weighted by molar-refractivity contribution is 5.94. The van der Waals surface area contributed by atoms with Gasteiger partial charge in [0, 0.05) is 24.3 Å². The van der Waals surface area contributed by atoms with Crippen molar-refractivity contribution in [3.05, 3.63) is 99.7 Å². The van der Waals surface area contributed by atoms with Gasteiger partial charge in [0.15, 0.2) is 0 Å². The van der Waals surface area contributed by atoms with E-state index < -0.39 is 17.7 Å². The van der Waals surface area contributed by atoms with Gasteiger partial charge in [-0.15, -0.1) is 0 Å². The van der Waals surface area contributed by atoms with Gasteiger partial charge in [-0.1, -0.05) is 37.3 Å². The number of fused-ring (bicyclic) bond motifs is 1. The summed E-state index contributed by atoms with van der Waals surface area (Å²) in [6.45, 7) is 10.2. The number of nitrogens with zero attached hydrogens (tertiary/aromatic N) is 4. The van der Waals surface area contributed by atoms with Gasteiger partial charge < -0.3 is 19.7 Å². The van der Waals surface area contributed by atoms with Gasteiger partial charge in [0.1, 0.15) is 11.4 Å². The fraction of sp³-hybridized carbons (Fsp3) is 0.394. The number of alkyl carbamates (subject to hydrolysis) is 1. The molecule has 0 saturated heterocycles. The average molecular weight is 588 g/mol. The Morgan fingerprint density at radius 2 is 1.74 bits per heavy atom. The number of benzene rings is 2. The largest absolute Gasteiger partial charge is 0.497 e. The summed E-state index contributed by atoms with van der Waals surface area (Å²) >= 11 is 0. The molecule has 0 aliphatic heterocycles. The van der Waals surface area contributed by atoms with E-state index >= 15 is 0 Å². The predicted octanol–water partition coefficient (Wildman–Crippen LogP) is 5.37. The third-order valence-electron chi connectivity index (χ3n) is 7.01. The molecule has 2 aromatic heterocycles. The van der Waals surface area contributed by atoms with Crippen molar-refractivity contribution < 1.29 is 19.1 Å². The number of aromatic nitrogens is 3. The summed E-state index contributed by atoms with van der Waals surface area (Å²) in [5, 5.41) is 7.21. The second kappa shape index (κ2) is 13.6. The Bertz CT molecular complexity index is 1600. The van der Waals surface area contributed by atoms with E-state index in [1.54, 1.807) is 40.8 Å². The molecular weight excluding hydrogens is 546 g/mol. The van der Waals surface area contributed by atoms with Crippen LogP contribution < -0.4 is 15.7 Å². The first-order chi connectivity index (χ1) is 20.5. The average Bonchev–Trinajstić information content (AvgIpc) is 3.36. The van der Waals surface area contributed by atoms with E-state index in [-0.39, 0.29) is 11.6 Å². The summed E-state index contributed by atoms with van der Waals surface area (Å²) in [6, 6.07) is 20.1. The zero-order chi connectivity index (χ0) is 31.1. The van der Waals surface area contributed by atoms with Crippen LogP contribution in [0.3, 0.4) is 0 Å². The molecule has 2 amide bonds. The number of hydrogen-bond acceptors (Lipinski definition) is 6. The SMILES string of the molecule is CC[C@H](c1cc2cc(C)nn2c(=O)n1Cc1ccccc1)N(CCCNC(=O)OC(C)(C)C)C(=O)c1ccc(OC)cc1. The van der Waals surface area contributed by atoms with Crippen molar-refractivity contribution in [1.82, 2.24) is 24.4 Å². The molecule has 0 radical (unpaired) electrons. The van der Waals surface area contributed by atoms with Gasteiger partial charge in [-0.2, -0.15) is 9.61 Å². The second-order valence-electron chi connectivity index (χ2n) is 11.5. The quantitative estimate of drug-likeness (QED) is 0.237. The molecule has 0 spiro atoms. The van der Waals surface area contributed by atoms with Crippen molar-refractivity contribution in [3.8, 4) is 5.75 Å². The Hall–Kier alpha value is -4.60. The molecule has 0 unspecified atom stereocenters. The highest BCUT2D eigenvalue weighted by Gasteiger charge is 2.28. The second-order valence-corrected chi connectivity index (χ2v) is 11.5. The van der Waals surface area contributed by atoms with Gasteiger partial charge >= 0.3 is 11.8 Å². The lowest BCUT2D eigenvalue weighted by Crippen LogP contribution is -2.41. The summed E-state index contributed by atoms with van der Waals surface area (Å²) in [6.07, 6.45) is 0.527. The van der Waals surface area contributed by atoms with Crippen LogP contribution in [-0.2, 0) is 11.3 Å². The number of rotatable bonds is 11. The van der Waals surface area contributed by atoms with Crippen LogP contribution in [0.15, 0.2) is 71.5 Å². The summed E-state index contributed by atoms with van der Waals surface area (Å²) in [7, 11) is 1.58. The molecular formula is C33H41N5O5. The summed E-state index contributed by atoms with van der Waals surface area (Å²) in [5.41, 5.74) is 2.69. The van der Waals surface area contributed by atoms with Gasteiger partial charge in [-0.3, -0.25) is 9.36 Å². The number of amides is 2. The summed E-state index contributed by atoms with van der Waals surface area (Å²) in [5.74, 6) is 0.463. The zero-order valence-electron chi connectivity index (χ0n) is 25.8. The highest BCUT2D eigenvalue weighted by atomic mass is 16.6. The Balaban J connectivity index is 1.73. The van der Waals surface area contributed by atoms with E-state index in [0.717, 1.165) is 11.3 Å². The van der Waals surface area contributed by atoms with Gasteiger partial charge in [-0.25, -0.2) is 9.59 Å². The van der Waals surface area contributed by atoms with Gasteiger partial charge in [0.25, 0.3) is 5.91 Å². The van der Waals surface area contributed by atoms with Crippen LogP contribution in [0.2, 0.25) is 0 Å². The van der Waals surface area contributed by atoms with Crippen molar-refractivity contribution in [1.29, 1.82) is 0 Å². The number of carbonyl (C=O) groups excluding carboxylic acids is 2.